The monoisotopic (exact) mass is 452 g/mol. The molecule has 0 fully saturated rings. The van der Waals surface area contributed by atoms with Crippen LogP contribution in [0.25, 0.3) is 5.57 Å². The van der Waals surface area contributed by atoms with E-state index in [1.54, 1.807) is 67.8 Å². The lowest BCUT2D eigenvalue weighted by molar-refractivity contribution is -0.120. The molecule has 0 saturated carbocycles. The van der Waals surface area contributed by atoms with Gasteiger partial charge in [0.1, 0.15) is 11.4 Å². The van der Waals surface area contributed by atoms with Crippen LogP contribution in [-0.4, -0.2) is 18.9 Å². The minimum atomic E-state index is -0.499. The molecule has 0 atom stereocenters. The number of carbonyl (C=O) groups is 2. The fraction of sp³-hybridized carbons (Fsp3) is 0.0833. The Morgan fingerprint density at radius 2 is 1.58 bits per heavy atom. The highest BCUT2D eigenvalue weighted by Crippen LogP contribution is 2.37. The zero-order chi connectivity index (χ0) is 22.1. The molecule has 0 bridgehead atoms. The van der Waals surface area contributed by atoms with Crippen LogP contribution < -0.4 is 15.0 Å². The van der Waals surface area contributed by atoms with Crippen molar-refractivity contribution < 1.29 is 14.3 Å². The third kappa shape index (κ3) is 3.90. The predicted octanol–water partition coefficient (Wildman–Crippen LogP) is 5.71. The van der Waals surface area contributed by atoms with Gasteiger partial charge in [0.15, 0.2) is 0 Å². The number of hydrogen-bond acceptors (Lipinski definition) is 4. The molecule has 2 amide bonds. The van der Waals surface area contributed by atoms with Gasteiger partial charge in [-0.2, -0.15) is 0 Å². The van der Waals surface area contributed by atoms with Crippen molar-refractivity contribution in [1.29, 1.82) is 0 Å². The predicted molar refractivity (Wildman–Crippen MR) is 124 cm³/mol. The molecule has 3 aromatic carbocycles. The van der Waals surface area contributed by atoms with E-state index in [4.69, 9.17) is 27.9 Å². The average molecular weight is 453 g/mol. The van der Waals surface area contributed by atoms with Crippen LogP contribution in [-0.2, 0) is 9.59 Å². The van der Waals surface area contributed by atoms with E-state index in [1.807, 2.05) is 13.0 Å². The smallest absolute Gasteiger partial charge is 0.282 e. The van der Waals surface area contributed by atoms with Crippen LogP contribution in [0.2, 0.25) is 10.0 Å². The van der Waals surface area contributed by atoms with E-state index in [-0.39, 0.29) is 11.3 Å². The minimum Gasteiger partial charge on any atom is -0.497 e. The van der Waals surface area contributed by atoms with Gasteiger partial charge in [-0.15, -0.1) is 0 Å². The molecule has 4 rings (SSSR count). The largest absolute Gasteiger partial charge is 0.497 e. The molecule has 3 aromatic rings. The first kappa shape index (κ1) is 21.0. The number of anilines is 2. The first-order valence-corrected chi connectivity index (χ1v) is 10.2. The van der Waals surface area contributed by atoms with Gasteiger partial charge in [0.2, 0.25) is 0 Å². The molecule has 0 saturated heterocycles. The van der Waals surface area contributed by atoms with Crippen LogP contribution in [0.5, 0.6) is 5.75 Å². The number of imide groups is 1. The molecule has 0 aromatic heterocycles. The molecule has 1 heterocycles. The Morgan fingerprint density at radius 3 is 2.23 bits per heavy atom. The number of nitrogens with zero attached hydrogens (tertiary/aromatic N) is 1. The number of halogens is 2. The maximum Gasteiger partial charge on any atom is 0.282 e. The second kappa shape index (κ2) is 8.46. The zero-order valence-electron chi connectivity index (χ0n) is 16.8. The number of hydrogen-bond donors (Lipinski definition) is 1. The first-order chi connectivity index (χ1) is 14.9. The summed E-state index contributed by atoms with van der Waals surface area (Å²) in [4.78, 5) is 27.9. The number of benzene rings is 3. The number of carbonyl (C=O) groups excluding carboxylic acids is 2. The molecular formula is C24H18Cl2N2O3. The summed E-state index contributed by atoms with van der Waals surface area (Å²) in [7, 11) is 1.56. The van der Waals surface area contributed by atoms with Gasteiger partial charge in [-0.1, -0.05) is 53.5 Å². The van der Waals surface area contributed by atoms with Crippen LogP contribution in [0.1, 0.15) is 11.1 Å². The molecular weight excluding hydrogens is 435 g/mol. The summed E-state index contributed by atoms with van der Waals surface area (Å²) in [6.45, 7) is 1.89. The average Bonchev–Trinajstić information content (AvgIpc) is 3.01. The number of methoxy groups -OCH3 is 1. The highest BCUT2D eigenvalue weighted by molar-refractivity contribution is 6.48. The van der Waals surface area contributed by atoms with Gasteiger partial charge in [0.05, 0.1) is 23.4 Å². The Hall–Kier alpha value is -3.28. The Balaban J connectivity index is 1.83. The maximum absolute atomic E-state index is 13.4. The van der Waals surface area contributed by atoms with Gasteiger partial charge in [0, 0.05) is 10.7 Å². The van der Waals surface area contributed by atoms with E-state index in [0.29, 0.717) is 32.7 Å². The zero-order valence-corrected chi connectivity index (χ0v) is 18.3. The van der Waals surface area contributed by atoms with E-state index >= 15 is 0 Å². The van der Waals surface area contributed by atoms with Crippen molar-refractivity contribution >= 4 is 52.0 Å². The summed E-state index contributed by atoms with van der Waals surface area (Å²) >= 11 is 12.5. The lowest BCUT2D eigenvalue weighted by Gasteiger charge is -2.16. The topological polar surface area (TPSA) is 58.6 Å². The number of rotatable bonds is 5. The third-order valence-electron chi connectivity index (χ3n) is 5.00. The maximum atomic E-state index is 13.4. The molecule has 0 unspecified atom stereocenters. The van der Waals surface area contributed by atoms with Crippen molar-refractivity contribution in [2.24, 2.45) is 0 Å². The second-order valence-corrected chi connectivity index (χ2v) is 7.78. The Kier molecular flexibility index (Phi) is 5.72. The highest BCUT2D eigenvalue weighted by Gasteiger charge is 2.41. The first-order valence-electron chi connectivity index (χ1n) is 9.46. The van der Waals surface area contributed by atoms with E-state index in [9.17, 15) is 9.59 Å². The molecule has 156 valence electrons. The Morgan fingerprint density at radius 1 is 0.871 bits per heavy atom. The highest BCUT2D eigenvalue weighted by atomic mass is 35.5. The van der Waals surface area contributed by atoms with E-state index in [0.717, 1.165) is 10.5 Å². The van der Waals surface area contributed by atoms with Crippen LogP contribution in [0.3, 0.4) is 0 Å². The molecule has 1 aliphatic rings. The summed E-state index contributed by atoms with van der Waals surface area (Å²) in [5, 5.41) is 3.95. The van der Waals surface area contributed by atoms with Gasteiger partial charge >= 0.3 is 0 Å². The summed E-state index contributed by atoms with van der Waals surface area (Å²) < 4.78 is 5.21. The molecule has 5 nitrogen and oxygen atoms in total. The van der Waals surface area contributed by atoms with Crippen LogP contribution in [0, 0.1) is 6.92 Å². The number of ether oxygens (including phenoxy) is 1. The second-order valence-electron chi connectivity index (χ2n) is 6.96. The minimum absolute atomic E-state index is 0.148. The summed E-state index contributed by atoms with van der Waals surface area (Å²) in [6.07, 6.45) is 0. The quantitative estimate of drug-likeness (QED) is 0.503. The van der Waals surface area contributed by atoms with E-state index in [1.165, 1.54) is 0 Å². The van der Waals surface area contributed by atoms with Gasteiger partial charge in [0.25, 0.3) is 11.8 Å². The Bertz CT molecular complexity index is 1220. The van der Waals surface area contributed by atoms with Crippen LogP contribution in [0.15, 0.2) is 72.4 Å². The number of para-hydroxylation sites is 1. The van der Waals surface area contributed by atoms with Crippen molar-refractivity contribution in [2.75, 3.05) is 17.3 Å². The lowest BCUT2D eigenvalue weighted by atomic mass is 10.0. The summed E-state index contributed by atoms with van der Waals surface area (Å²) in [6, 6.07) is 19.0. The van der Waals surface area contributed by atoms with Crippen molar-refractivity contribution in [3.63, 3.8) is 0 Å². The fourth-order valence-corrected chi connectivity index (χ4v) is 3.74. The normalized spacial score (nSPS) is 13.7. The molecule has 0 radical (unpaired) electrons. The van der Waals surface area contributed by atoms with Crippen molar-refractivity contribution in [3.8, 4) is 5.75 Å². The summed E-state index contributed by atoms with van der Waals surface area (Å²) in [5.74, 6) is -0.325. The van der Waals surface area contributed by atoms with E-state index < -0.39 is 11.8 Å². The van der Waals surface area contributed by atoms with Crippen molar-refractivity contribution in [3.05, 3.63) is 93.6 Å². The molecule has 0 aliphatic carbocycles. The van der Waals surface area contributed by atoms with Gasteiger partial charge in [-0.05, 0) is 54.4 Å². The Labute approximate surface area is 189 Å². The lowest BCUT2D eigenvalue weighted by Crippen LogP contribution is -2.32. The number of aryl methyl sites for hydroxylation is 1. The van der Waals surface area contributed by atoms with Crippen molar-refractivity contribution in [2.45, 2.75) is 6.92 Å². The van der Waals surface area contributed by atoms with Crippen LogP contribution >= 0.6 is 23.2 Å². The number of nitrogens with one attached hydrogen (secondary N) is 1. The summed E-state index contributed by atoms with van der Waals surface area (Å²) in [5.41, 5.74) is 2.79. The number of amides is 2. The van der Waals surface area contributed by atoms with Gasteiger partial charge in [-0.25, -0.2) is 4.90 Å². The fourth-order valence-electron chi connectivity index (χ4n) is 3.34. The van der Waals surface area contributed by atoms with Gasteiger partial charge in [-0.3, -0.25) is 9.59 Å². The molecule has 0 spiro atoms. The SMILES string of the molecule is COc1ccc(C2=C(Nc3ccc(C)c(Cl)c3)C(=O)N(c3ccccc3Cl)C2=O)cc1. The van der Waals surface area contributed by atoms with Gasteiger partial charge < -0.3 is 10.1 Å². The van der Waals surface area contributed by atoms with E-state index in [2.05, 4.69) is 5.32 Å². The molecule has 7 heteroatoms. The third-order valence-corrected chi connectivity index (χ3v) is 5.72. The van der Waals surface area contributed by atoms with Crippen molar-refractivity contribution in [1.82, 2.24) is 0 Å². The molecule has 1 aliphatic heterocycles. The molecule has 31 heavy (non-hydrogen) atoms. The standard InChI is InChI=1S/C24H18Cl2N2O3/c1-14-7-10-16(13-19(14)26)27-22-21(15-8-11-17(31-2)12-9-15)23(29)28(24(22)30)20-6-4-3-5-18(20)25/h3-13,27H,1-2H3. The van der Waals surface area contributed by atoms with Crippen LogP contribution in [0.4, 0.5) is 11.4 Å². The molecule has 1 N–H and O–H groups in total.